The molecule has 0 radical (unpaired) electrons. The molecular weight excluding hydrogens is 176 g/mol. The SMILES string of the molecule is COC1CC(NCC2CCNC2C)C1. The van der Waals surface area contributed by atoms with Gasteiger partial charge < -0.3 is 15.4 Å². The van der Waals surface area contributed by atoms with Gasteiger partial charge in [-0.15, -0.1) is 0 Å². The maximum Gasteiger partial charge on any atom is 0.0601 e. The molecule has 82 valence electrons. The molecule has 2 fully saturated rings. The van der Waals surface area contributed by atoms with Gasteiger partial charge >= 0.3 is 0 Å². The summed E-state index contributed by atoms with van der Waals surface area (Å²) in [4.78, 5) is 0. The van der Waals surface area contributed by atoms with Gasteiger partial charge in [-0.1, -0.05) is 0 Å². The Labute approximate surface area is 86.6 Å². The van der Waals surface area contributed by atoms with Crippen LogP contribution in [0.5, 0.6) is 0 Å². The van der Waals surface area contributed by atoms with Crippen LogP contribution in [0.1, 0.15) is 26.2 Å². The molecule has 3 heteroatoms. The van der Waals surface area contributed by atoms with Crippen molar-refractivity contribution in [2.24, 2.45) is 5.92 Å². The summed E-state index contributed by atoms with van der Waals surface area (Å²) in [6, 6.07) is 1.41. The van der Waals surface area contributed by atoms with Gasteiger partial charge in [0.05, 0.1) is 6.10 Å². The highest BCUT2D eigenvalue weighted by atomic mass is 16.5. The van der Waals surface area contributed by atoms with Gasteiger partial charge in [-0.3, -0.25) is 0 Å². The van der Waals surface area contributed by atoms with E-state index in [-0.39, 0.29) is 0 Å². The third kappa shape index (κ3) is 2.27. The van der Waals surface area contributed by atoms with Gasteiger partial charge in [-0.05, 0) is 45.2 Å². The van der Waals surface area contributed by atoms with Gasteiger partial charge in [0.2, 0.25) is 0 Å². The molecule has 2 atom stereocenters. The van der Waals surface area contributed by atoms with E-state index in [0.717, 1.165) is 5.92 Å². The highest BCUT2D eigenvalue weighted by Gasteiger charge is 2.30. The van der Waals surface area contributed by atoms with E-state index in [4.69, 9.17) is 4.74 Å². The van der Waals surface area contributed by atoms with E-state index in [1.165, 1.54) is 32.4 Å². The standard InChI is InChI=1S/C11H22N2O/c1-8-9(3-4-12-8)7-13-10-5-11(6-10)14-2/h8-13H,3-7H2,1-2H3. The summed E-state index contributed by atoms with van der Waals surface area (Å²) in [6.07, 6.45) is 4.25. The maximum absolute atomic E-state index is 5.26. The average Bonchev–Trinajstić information content (AvgIpc) is 2.49. The Morgan fingerprint density at radius 1 is 1.43 bits per heavy atom. The molecule has 0 amide bonds. The lowest BCUT2D eigenvalue weighted by atomic mass is 9.88. The summed E-state index contributed by atoms with van der Waals surface area (Å²) < 4.78 is 5.26. The number of nitrogens with one attached hydrogen (secondary N) is 2. The molecule has 1 aliphatic heterocycles. The van der Waals surface area contributed by atoms with Crippen LogP contribution in [0.15, 0.2) is 0 Å². The number of hydrogen-bond donors (Lipinski definition) is 2. The smallest absolute Gasteiger partial charge is 0.0601 e. The fourth-order valence-corrected chi connectivity index (χ4v) is 2.43. The Morgan fingerprint density at radius 3 is 2.79 bits per heavy atom. The normalized spacial score (nSPS) is 42.4. The van der Waals surface area contributed by atoms with Crippen LogP contribution in [0.3, 0.4) is 0 Å². The minimum absolute atomic E-state index is 0.520. The Hall–Kier alpha value is -0.120. The van der Waals surface area contributed by atoms with Crippen molar-refractivity contribution in [2.45, 2.75) is 44.4 Å². The first-order valence-electron chi connectivity index (χ1n) is 5.79. The number of ether oxygens (including phenoxy) is 1. The third-order valence-electron chi connectivity index (χ3n) is 3.79. The molecule has 2 N–H and O–H groups in total. The monoisotopic (exact) mass is 198 g/mol. The zero-order valence-corrected chi connectivity index (χ0v) is 9.25. The summed E-state index contributed by atoms with van der Waals surface area (Å²) in [6.45, 7) is 4.66. The molecule has 0 aromatic heterocycles. The molecule has 0 aromatic rings. The molecule has 0 spiro atoms. The van der Waals surface area contributed by atoms with Gasteiger partial charge in [-0.25, -0.2) is 0 Å². The van der Waals surface area contributed by atoms with E-state index < -0.39 is 0 Å². The molecule has 2 rings (SSSR count). The number of methoxy groups -OCH3 is 1. The molecule has 0 aromatic carbocycles. The van der Waals surface area contributed by atoms with Crippen molar-refractivity contribution >= 4 is 0 Å². The van der Waals surface area contributed by atoms with Crippen LogP contribution < -0.4 is 10.6 Å². The van der Waals surface area contributed by atoms with Crippen LogP contribution in [0, 0.1) is 5.92 Å². The lowest BCUT2D eigenvalue weighted by Gasteiger charge is -2.35. The Morgan fingerprint density at radius 2 is 2.21 bits per heavy atom. The first-order valence-corrected chi connectivity index (χ1v) is 5.79. The Bertz CT molecular complexity index is 180. The molecule has 1 aliphatic carbocycles. The van der Waals surface area contributed by atoms with Crippen LogP contribution >= 0.6 is 0 Å². The van der Waals surface area contributed by atoms with Crippen molar-refractivity contribution in [3.05, 3.63) is 0 Å². The summed E-state index contributed by atoms with van der Waals surface area (Å²) >= 11 is 0. The Balaban J connectivity index is 1.59. The minimum atomic E-state index is 0.520. The van der Waals surface area contributed by atoms with Crippen molar-refractivity contribution in [3.63, 3.8) is 0 Å². The maximum atomic E-state index is 5.26. The molecule has 14 heavy (non-hydrogen) atoms. The van der Waals surface area contributed by atoms with Crippen molar-refractivity contribution in [1.82, 2.24) is 10.6 Å². The fraction of sp³-hybridized carbons (Fsp3) is 1.00. The summed E-state index contributed by atoms with van der Waals surface area (Å²) in [5.74, 6) is 0.830. The molecule has 2 unspecified atom stereocenters. The molecule has 1 heterocycles. The van der Waals surface area contributed by atoms with Crippen molar-refractivity contribution < 1.29 is 4.74 Å². The lowest BCUT2D eigenvalue weighted by molar-refractivity contribution is 0.0164. The largest absolute Gasteiger partial charge is 0.381 e. The molecule has 2 aliphatic rings. The molecule has 0 bridgehead atoms. The van der Waals surface area contributed by atoms with E-state index in [1.54, 1.807) is 0 Å². The Kier molecular flexibility index (Phi) is 3.42. The van der Waals surface area contributed by atoms with Crippen molar-refractivity contribution in [3.8, 4) is 0 Å². The van der Waals surface area contributed by atoms with Gasteiger partial charge in [0, 0.05) is 19.2 Å². The van der Waals surface area contributed by atoms with Gasteiger partial charge in [-0.2, -0.15) is 0 Å². The van der Waals surface area contributed by atoms with E-state index >= 15 is 0 Å². The van der Waals surface area contributed by atoms with Crippen LogP contribution in [-0.2, 0) is 4.74 Å². The predicted molar refractivity (Wildman–Crippen MR) is 57.4 cm³/mol. The van der Waals surface area contributed by atoms with Crippen LogP contribution in [-0.4, -0.2) is 38.4 Å². The molecule has 1 saturated heterocycles. The average molecular weight is 198 g/mol. The second-order valence-corrected chi connectivity index (χ2v) is 4.73. The van der Waals surface area contributed by atoms with Gasteiger partial charge in [0.15, 0.2) is 0 Å². The van der Waals surface area contributed by atoms with Gasteiger partial charge in [0.25, 0.3) is 0 Å². The quantitative estimate of drug-likeness (QED) is 0.699. The van der Waals surface area contributed by atoms with Crippen molar-refractivity contribution in [2.75, 3.05) is 20.2 Å². The number of hydrogen-bond acceptors (Lipinski definition) is 3. The molecule has 3 nitrogen and oxygen atoms in total. The van der Waals surface area contributed by atoms with E-state index in [1.807, 2.05) is 7.11 Å². The zero-order chi connectivity index (χ0) is 9.97. The first kappa shape index (κ1) is 10.4. The number of rotatable bonds is 4. The van der Waals surface area contributed by atoms with E-state index in [2.05, 4.69) is 17.6 Å². The fourth-order valence-electron chi connectivity index (χ4n) is 2.43. The van der Waals surface area contributed by atoms with Gasteiger partial charge in [0.1, 0.15) is 0 Å². The van der Waals surface area contributed by atoms with Crippen LogP contribution in [0.2, 0.25) is 0 Å². The van der Waals surface area contributed by atoms with E-state index in [0.29, 0.717) is 18.2 Å². The van der Waals surface area contributed by atoms with Crippen LogP contribution in [0.25, 0.3) is 0 Å². The summed E-state index contributed by atoms with van der Waals surface area (Å²) in [5, 5.41) is 7.12. The van der Waals surface area contributed by atoms with E-state index in [9.17, 15) is 0 Å². The topological polar surface area (TPSA) is 33.3 Å². The first-order chi connectivity index (χ1) is 6.79. The second kappa shape index (κ2) is 4.60. The second-order valence-electron chi connectivity index (χ2n) is 4.73. The zero-order valence-electron chi connectivity index (χ0n) is 9.25. The molecular formula is C11H22N2O. The highest BCUT2D eigenvalue weighted by Crippen LogP contribution is 2.23. The van der Waals surface area contributed by atoms with Crippen molar-refractivity contribution in [1.29, 1.82) is 0 Å². The summed E-state index contributed by atoms with van der Waals surface area (Å²) in [5.41, 5.74) is 0. The molecule has 1 saturated carbocycles. The third-order valence-corrected chi connectivity index (χ3v) is 3.79. The predicted octanol–water partition coefficient (Wildman–Crippen LogP) is 0.751. The summed E-state index contributed by atoms with van der Waals surface area (Å²) in [7, 11) is 1.81. The lowest BCUT2D eigenvalue weighted by Crippen LogP contribution is -2.47. The highest BCUT2D eigenvalue weighted by molar-refractivity contribution is 4.88. The van der Waals surface area contributed by atoms with Crippen LogP contribution in [0.4, 0.5) is 0 Å². The minimum Gasteiger partial charge on any atom is -0.381 e.